The Hall–Kier alpha value is -1.66. The van der Waals surface area contributed by atoms with Crippen molar-refractivity contribution < 1.29 is 4.74 Å². The zero-order valence-corrected chi connectivity index (χ0v) is 12.9. The maximum atomic E-state index is 11.2. The van der Waals surface area contributed by atoms with Gasteiger partial charge >= 0.3 is 0 Å². The number of aromatic nitrogens is 2. The summed E-state index contributed by atoms with van der Waals surface area (Å²) in [5, 5.41) is 1.25. The van der Waals surface area contributed by atoms with Crippen LogP contribution in [0.3, 0.4) is 0 Å². The molecule has 0 spiro atoms. The van der Waals surface area contributed by atoms with Crippen LogP contribution in [0.5, 0.6) is 5.75 Å². The summed E-state index contributed by atoms with van der Waals surface area (Å²) in [6.45, 7) is 0.642. The molecule has 0 saturated heterocycles. The normalized spacial score (nSPS) is 10.5. The molecule has 0 radical (unpaired) electrons. The number of nitrogen functional groups attached to an aromatic ring is 1. The Morgan fingerprint density at radius 1 is 1.29 bits per heavy atom. The minimum atomic E-state index is -0.226. The van der Waals surface area contributed by atoms with Gasteiger partial charge in [0, 0.05) is 16.8 Å². The number of hydrogen-bond acceptors (Lipinski definition) is 5. The number of hydrogen-bond donors (Lipinski definition) is 2. The summed E-state index contributed by atoms with van der Waals surface area (Å²) in [6.07, 6.45) is 1.87. The van der Waals surface area contributed by atoms with Gasteiger partial charge in [-0.2, -0.15) is 0 Å². The van der Waals surface area contributed by atoms with Crippen LogP contribution in [-0.2, 0) is 0 Å². The van der Waals surface area contributed by atoms with E-state index in [4.69, 9.17) is 22.1 Å². The second-order valence-corrected chi connectivity index (χ2v) is 5.85. The minimum absolute atomic E-state index is 0.226. The lowest BCUT2D eigenvalue weighted by Crippen LogP contribution is -2.09. The summed E-state index contributed by atoms with van der Waals surface area (Å²) >= 11 is 7.27. The summed E-state index contributed by atoms with van der Waals surface area (Å²) in [5.41, 5.74) is 5.29. The lowest BCUT2D eigenvalue weighted by molar-refractivity contribution is 0.310. The van der Waals surface area contributed by atoms with Crippen LogP contribution in [-0.4, -0.2) is 22.3 Å². The van der Waals surface area contributed by atoms with Crippen molar-refractivity contribution in [2.45, 2.75) is 18.0 Å². The topological polar surface area (TPSA) is 81.0 Å². The molecule has 0 amide bonds. The van der Waals surface area contributed by atoms with Gasteiger partial charge in [-0.25, -0.2) is 4.98 Å². The SMILES string of the molecule is Nc1cc(=O)[nH]c(SCCCCOc2ccc(Cl)cc2)n1. The predicted molar refractivity (Wildman–Crippen MR) is 86.2 cm³/mol. The molecule has 0 atom stereocenters. The van der Waals surface area contributed by atoms with E-state index in [-0.39, 0.29) is 11.4 Å². The van der Waals surface area contributed by atoms with Gasteiger partial charge in [0.25, 0.3) is 5.56 Å². The first-order valence-electron chi connectivity index (χ1n) is 6.51. The standard InChI is InChI=1S/C14H16ClN3O2S/c15-10-3-5-11(6-4-10)20-7-1-2-8-21-14-17-12(16)9-13(19)18-14/h3-6,9H,1-2,7-8H2,(H3,16,17,18,19). The van der Waals surface area contributed by atoms with Gasteiger partial charge in [-0.1, -0.05) is 23.4 Å². The Labute approximate surface area is 131 Å². The van der Waals surface area contributed by atoms with E-state index in [9.17, 15) is 4.79 Å². The fourth-order valence-electron chi connectivity index (χ4n) is 1.62. The number of nitrogens with two attached hydrogens (primary N) is 1. The molecule has 0 saturated carbocycles. The summed E-state index contributed by atoms with van der Waals surface area (Å²) < 4.78 is 5.59. The molecule has 1 aromatic heterocycles. The monoisotopic (exact) mass is 325 g/mol. The fourth-order valence-corrected chi connectivity index (χ4v) is 2.63. The fraction of sp³-hybridized carbons (Fsp3) is 0.286. The van der Waals surface area contributed by atoms with Crippen LogP contribution in [0.1, 0.15) is 12.8 Å². The van der Waals surface area contributed by atoms with E-state index in [2.05, 4.69) is 9.97 Å². The maximum Gasteiger partial charge on any atom is 0.253 e. The van der Waals surface area contributed by atoms with Crippen molar-refractivity contribution >= 4 is 29.2 Å². The lowest BCUT2D eigenvalue weighted by atomic mass is 10.3. The van der Waals surface area contributed by atoms with E-state index in [1.165, 1.54) is 17.8 Å². The molecule has 5 nitrogen and oxygen atoms in total. The number of aromatic amines is 1. The van der Waals surface area contributed by atoms with E-state index in [0.29, 0.717) is 16.8 Å². The predicted octanol–water partition coefficient (Wildman–Crippen LogP) is 2.96. The number of thioether (sulfide) groups is 1. The molecule has 0 bridgehead atoms. The second-order valence-electron chi connectivity index (χ2n) is 4.33. The van der Waals surface area contributed by atoms with E-state index in [1.807, 2.05) is 12.1 Å². The van der Waals surface area contributed by atoms with Gasteiger partial charge in [0.1, 0.15) is 11.6 Å². The molecule has 2 rings (SSSR count). The molecule has 0 aliphatic rings. The van der Waals surface area contributed by atoms with Gasteiger partial charge in [-0.05, 0) is 37.1 Å². The number of anilines is 1. The quantitative estimate of drug-likeness (QED) is 0.464. The lowest BCUT2D eigenvalue weighted by Gasteiger charge is -2.06. The Kier molecular flexibility index (Phi) is 5.95. The van der Waals surface area contributed by atoms with Crippen molar-refractivity contribution in [2.75, 3.05) is 18.1 Å². The third-order valence-electron chi connectivity index (χ3n) is 2.60. The molecule has 0 fully saturated rings. The summed E-state index contributed by atoms with van der Waals surface area (Å²) in [5.74, 6) is 1.90. The van der Waals surface area contributed by atoms with Crippen LogP contribution in [0.4, 0.5) is 5.82 Å². The summed E-state index contributed by atoms with van der Waals surface area (Å²) in [6, 6.07) is 8.56. The van der Waals surface area contributed by atoms with Crippen LogP contribution in [0.15, 0.2) is 40.3 Å². The number of nitrogens with one attached hydrogen (secondary N) is 1. The second kappa shape index (κ2) is 7.95. The van der Waals surface area contributed by atoms with Crippen LogP contribution >= 0.6 is 23.4 Å². The molecule has 21 heavy (non-hydrogen) atoms. The van der Waals surface area contributed by atoms with E-state index >= 15 is 0 Å². The van der Waals surface area contributed by atoms with E-state index < -0.39 is 0 Å². The highest BCUT2D eigenvalue weighted by Gasteiger charge is 2.00. The zero-order chi connectivity index (χ0) is 15.1. The third-order valence-corrected chi connectivity index (χ3v) is 3.81. The van der Waals surface area contributed by atoms with Crippen LogP contribution in [0, 0.1) is 0 Å². The molecule has 0 unspecified atom stereocenters. The highest BCUT2D eigenvalue weighted by molar-refractivity contribution is 7.99. The first-order chi connectivity index (χ1) is 10.1. The molecule has 1 aromatic carbocycles. The number of rotatable bonds is 7. The number of benzene rings is 1. The number of ether oxygens (including phenoxy) is 1. The number of nitrogens with zero attached hydrogens (tertiary/aromatic N) is 1. The van der Waals surface area contributed by atoms with E-state index in [1.54, 1.807) is 12.1 Å². The number of H-pyrrole nitrogens is 1. The Balaban J connectivity index is 1.64. The van der Waals surface area contributed by atoms with Crippen LogP contribution in [0.2, 0.25) is 5.02 Å². The first-order valence-corrected chi connectivity index (χ1v) is 7.88. The molecule has 3 N–H and O–H groups in total. The van der Waals surface area contributed by atoms with Crippen molar-refractivity contribution in [1.82, 2.24) is 9.97 Å². The van der Waals surface area contributed by atoms with Gasteiger partial charge in [0.2, 0.25) is 0 Å². The van der Waals surface area contributed by atoms with Crippen molar-refractivity contribution in [1.29, 1.82) is 0 Å². The van der Waals surface area contributed by atoms with Crippen molar-refractivity contribution in [3.63, 3.8) is 0 Å². The summed E-state index contributed by atoms with van der Waals surface area (Å²) in [4.78, 5) is 17.9. The van der Waals surface area contributed by atoms with Gasteiger partial charge in [-0.15, -0.1) is 0 Å². The summed E-state index contributed by atoms with van der Waals surface area (Å²) in [7, 11) is 0. The largest absolute Gasteiger partial charge is 0.494 e. The number of halogens is 1. The molecule has 7 heteroatoms. The number of unbranched alkanes of at least 4 members (excludes halogenated alkanes) is 1. The Morgan fingerprint density at radius 2 is 2.05 bits per heavy atom. The molecule has 0 aliphatic carbocycles. The van der Waals surface area contributed by atoms with E-state index in [0.717, 1.165) is 24.3 Å². The highest BCUT2D eigenvalue weighted by atomic mass is 35.5. The van der Waals surface area contributed by atoms with Gasteiger partial charge in [0.15, 0.2) is 5.16 Å². The minimum Gasteiger partial charge on any atom is -0.494 e. The molecular weight excluding hydrogens is 310 g/mol. The zero-order valence-electron chi connectivity index (χ0n) is 11.3. The van der Waals surface area contributed by atoms with Crippen LogP contribution in [0.25, 0.3) is 0 Å². The van der Waals surface area contributed by atoms with Gasteiger partial charge < -0.3 is 15.5 Å². The third kappa shape index (κ3) is 5.69. The van der Waals surface area contributed by atoms with Crippen molar-refractivity contribution in [2.24, 2.45) is 0 Å². The molecule has 112 valence electrons. The maximum absolute atomic E-state index is 11.2. The van der Waals surface area contributed by atoms with Crippen molar-refractivity contribution in [3.8, 4) is 5.75 Å². The van der Waals surface area contributed by atoms with Gasteiger partial charge in [-0.3, -0.25) is 4.79 Å². The average molecular weight is 326 g/mol. The molecule has 2 aromatic rings. The van der Waals surface area contributed by atoms with Crippen LogP contribution < -0.4 is 16.0 Å². The molecule has 0 aliphatic heterocycles. The average Bonchev–Trinajstić information content (AvgIpc) is 2.43. The molecular formula is C14H16ClN3O2S. The Morgan fingerprint density at radius 3 is 2.76 bits per heavy atom. The first kappa shape index (κ1) is 15.7. The smallest absolute Gasteiger partial charge is 0.253 e. The molecule has 1 heterocycles. The highest BCUT2D eigenvalue weighted by Crippen LogP contribution is 2.17. The van der Waals surface area contributed by atoms with Gasteiger partial charge in [0.05, 0.1) is 6.61 Å². The Bertz CT molecular complexity index is 631. The van der Waals surface area contributed by atoms with Crippen molar-refractivity contribution in [3.05, 3.63) is 45.7 Å².